The van der Waals surface area contributed by atoms with Gasteiger partial charge in [-0.1, -0.05) is 6.07 Å². The number of morpholine rings is 1. The van der Waals surface area contributed by atoms with Crippen molar-refractivity contribution in [1.29, 1.82) is 0 Å². The monoisotopic (exact) mass is 333 g/mol. The van der Waals surface area contributed by atoms with E-state index >= 15 is 0 Å². The fourth-order valence-electron chi connectivity index (χ4n) is 2.80. The van der Waals surface area contributed by atoms with Crippen LogP contribution in [0.1, 0.15) is 33.3 Å². The van der Waals surface area contributed by atoms with E-state index in [-0.39, 0.29) is 18.1 Å². The second kappa shape index (κ2) is 8.73. The lowest BCUT2D eigenvalue weighted by Gasteiger charge is -2.34. The smallest absolute Gasteiger partial charge is 0.246 e. The molecule has 24 heavy (non-hydrogen) atoms. The Balaban J connectivity index is 2.07. The zero-order chi connectivity index (χ0) is 17.5. The van der Waals surface area contributed by atoms with Crippen LogP contribution in [0.4, 0.5) is 0 Å². The Kier molecular flexibility index (Phi) is 6.67. The van der Waals surface area contributed by atoms with Crippen LogP contribution in [0.25, 0.3) is 6.08 Å². The Labute approximate surface area is 144 Å². The van der Waals surface area contributed by atoms with E-state index in [1.54, 1.807) is 6.08 Å². The number of carbonyl (C=O) groups is 1. The van der Waals surface area contributed by atoms with E-state index in [4.69, 9.17) is 14.2 Å². The highest BCUT2D eigenvalue weighted by Crippen LogP contribution is 2.29. The molecule has 1 saturated heterocycles. The molecule has 1 aliphatic rings. The van der Waals surface area contributed by atoms with Gasteiger partial charge in [-0.05, 0) is 51.5 Å². The Morgan fingerprint density at radius 1 is 1.17 bits per heavy atom. The second-order valence-corrected chi connectivity index (χ2v) is 5.91. The van der Waals surface area contributed by atoms with Gasteiger partial charge < -0.3 is 19.1 Å². The van der Waals surface area contributed by atoms with Crippen LogP contribution in [-0.4, -0.2) is 49.3 Å². The number of ether oxygens (including phenoxy) is 3. The van der Waals surface area contributed by atoms with Crippen molar-refractivity contribution in [3.8, 4) is 11.5 Å². The number of amides is 1. The summed E-state index contributed by atoms with van der Waals surface area (Å²) in [5, 5.41) is 0. The molecule has 0 saturated carbocycles. The van der Waals surface area contributed by atoms with Gasteiger partial charge in [0.15, 0.2) is 11.5 Å². The summed E-state index contributed by atoms with van der Waals surface area (Å²) in [4.78, 5) is 14.2. The maximum Gasteiger partial charge on any atom is 0.246 e. The molecule has 2 rings (SSSR count). The standard InChI is InChI=1S/C19H27NO4/c1-5-22-17-9-7-16(11-18(17)23-6-2)8-10-19(21)20-12-14(3)24-15(4)13-20/h7-11,14-15H,5-6,12-13H2,1-4H3/b10-8+. The summed E-state index contributed by atoms with van der Waals surface area (Å²) in [7, 11) is 0. The minimum Gasteiger partial charge on any atom is -0.490 e. The first-order valence-electron chi connectivity index (χ1n) is 8.55. The van der Waals surface area contributed by atoms with Crippen LogP contribution >= 0.6 is 0 Å². The Morgan fingerprint density at radius 3 is 2.42 bits per heavy atom. The molecule has 1 aromatic carbocycles. The number of carbonyl (C=O) groups excluding carboxylic acids is 1. The number of benzene rings is 1. The summed E-state index contributed by atoms with van der Waals surface area (Å²) in [6, 6.07) is 5.68. The Bertz CT molecular complexity index is 575. The molecule has 132 valence electrons. The van der Waals surface area contributed by atoms with Crippen LogP contribution in [0.3, 0.4) is 0 Å². The normalized spacial score (nSPS) is 21.1. The first-order chi connectivity index (χ1) is 11.5. The molecule has 5 nitrogen and oxygen atoms in total. The molecular weight excluding hydrogens is 306 g/mol. The molecule has 0 N–H and O–H groups in total. The van der Waals surface area contributed by atoms with Crippen molar-refractivity contribution < 1.29 is 19.0 Å². The summed E-state index contributed by atoms with van der Waals surface area (Å²) in [5.41, 5.74) is 0.907. The van der Waals surface area contributed by atoms with Crippen molar-refractivity contribution >= 4 is 12.0 Å². The largest absolute Gasteiger partial charge is 0.490 e. The fourth-order valence-corrected chi connectivity index (χ4v) is 2.80. The quantitative estimate of drug-likeness (QED) is 0.751. The van der Waals surface area contributed by atoms with Crippen molar-refractivity contribution in [2.45, 2.75) is 39.9 Å². The van der Waals surface area contributed by atoms with Gasteiger partial charge in [0.25, 0.3) is 0 Å². The lowest BCUT2D eigenvalue weighted by Crippen LogP contribution is -2.47. The van der Waals surface area contributed by atoms with Gasteiger partial charge in [-0.3, -0.25) is 4.79 Å². The van der Waals surface area contributed by atoms with Gasteiger partial charge in [-0.15, -0.1) is 0 Å². The first kappa shape index (κ1) is 18.3. The average molecular weight is 333 g/mol. The molecule has 2 unspecified atom stereocenters. The van der Waals surface area contributed by atoms with Gasteiger partial charge in [0.1, 0.15) is 0 Å². The minimum absolute atomic E-state index is 0.00356. The molecule has 5 heteroatoms. The summed E-state index contributed by atoms with van der Waals surface area (Å²) < 4.78 is 16.8. The van der Waals surface area contributed by atoms with Gasteiger partial charge in [-0.25, -0.2) is 0 Å². The van der Waals surface area contributed by atoms with E-state index < -0.39 is 0 Å². The van der Waals surface area contributed by atoms with Gasteiger partial charge >= 0.3 is 0 Å². The predicted octanol–water partition coefficient (Wildman–Crippen LogP) is 3.13. The molecule has 2 atom stereocenters. The van der Waals surface area contributed by atoms with E-state index in [1.165, 1.54) is 0 Å². The van der Waals surface area contributed by atoms with Crippen molar-refractivity contribution in [3.05, 3.63) is 29.8 Å². The van der Waals surface area contributed by atoms with Crippen molar-refractivity contribution in [2.75, 3.05) is 26.3 Å². The second-order valence-electron chi connectivity index (χ2n) is 5.91. The van der Waals surface area contributed by atoms with Crippen LogP contribution in [-0.2, 0) is 9.53 Å². The third-order valence-electron chi connectivity index (χ3n) is 3.72. The third-order valence-corrected chi connectivity index (χ3v) is 3.72. The molecule has 0 bridgehead atoms. The molecule has 1 aromatic rings. The van der Waals surface area contributed by atoms with E-state index in [1.807, 2.05) is 56.9 Å². The highest BCUT2D eigenvalue weighted by Gasteiger charge is 2.24. The molecule has 0 aromatic heterocycles. The first-order valence-corrected chi connectivity index (χ1v) is 8.55. The maximum atomic E-state index is 12.4. The van der Waals surface area contributed by atoms with Gasteiger partial charge in [0.05, 0.1) is 25.4 Å². The third kappa shape index (κ3) is 4.99. The molecular formula is C19H27NO4. The van der Waals surface area contributed by atoms with Gasteiger partial charge in [0, 0.05) is 19.2 Å². The zero-order valence-electron chi connectivity index (χ0n) is 15.0. The summed E-state index contributed by atoms with van der Waals surface area (Å²) in [6.07, 6.45) is 3.56. The summed E-state index contributed by atoms with van der Waals surface area (Å²) in [6.45, 7) is 10.2. The Hall–Kier alpha value is -2.01. The van der Waals surface area contributed by atoms with Crippen LogP contribution < -0.4 is 9.47 Å². The SMILES string of the molecule is CCOc1ccc(/C=C/C(=O)N2CC(C)OC(C)C2)cc1OCC. The summed E-state index contributed by atoms with van der Waals surface area (Å²) >= 11 is 0. The fraction of sp³-hybridized carbons (Fsp3) is 0.526. The lowest BCUT2D eigenvalue weighted by molar-refractivity contribution is -0.137. The van der Waals surface area contributed by atoms with Crippen LogP contribution in [0.2, 0.25) is 0 Å². The van der Waals surface area contributed by atoms with E-state index in [9.17, 15) is 4.79 Å². The predicted molar refractivity (Wildman–Crippen MR) is 94.4 cm³/mol. The van der Waals surface area contributed by atoms with E-state index in [0.717, 1.165) is 11.3 Å². The summed E-state index contributed by atoms with van der Waals surface area (Å²) in [5.74, 6) is 1.42. The number of nitrogens with zero attached hydrogens (tertiary/aromatic N) is 1. The Morgan fingerprint density at radius 2 is 1.79 bits per heavy atom. The van der Waals surface area contributed by atoms with Crippen molar-refractivity contribution in [3.63, 3.8) is 0 Å². The molecule has 1 amide bonds. The van der Waals surface area contributed by atoms with Gasteiger partial charge in [-0.2, -0.15) is 0 Å². The van der Waals surface area contributed by atoms with Gasteiger partial charge in [0.2, 0.25) is 5.91 Å². The average Bonchev–Trinajstić information content (AvgIpc) is 2.54. The molecule has 1 aliphatic heterocycles. The molecule has 0 aliphatic carbocycles. The van der Waals surface area contributed by atoms with E-state index in [2.05, 4.69) is 0 Å². The topological polar surface area (TPSA) is 48.0 Å². The van der Waals surface area contributed by atoms with Crippen LogP contribution in [0.5, 0.6) is 11.5 Å². The number of hydrogen-bond acceptors (Lipinski definition) is 4. The lowest BCUT2D eigenvalue weighted by atomic mass is 10.1. The zero-order valence-corrected chi connectivity index (χ0v) is 15.0. The number of hydrogen-bond donors (Lipinski definition) is 0. The highest BCUT2D eigenvalue weighted by molar-refractivity contribution is 5.92. The van der Waals surface area contributed by atoms with Crippen molar-refractivity contribution in [1.82, 2.24) is 4.90 Å². The van der Waals surface area contributed by atoms with Crippen molar-refractivity contribution in [2.24, 2.45) is 0 Å². The van der Waals surface area contributed by atoms with Crippen LogP contribution in [0, 0.1) is 0 Å². The molecule has 1 heterocycles. The highest BCUT2D eigenvalue weighted by atomic mass is 16.5. The molecule has 1 fully saturated rings. The molecule has 0 spiro atoms. The maximum absolute atomic E-state index is 12.4. The van der Waals surface area contributed by atoms with Crippen LogP contribution in [0.15, 0.2) is 24.3 Å². The minimum atomic E-state index is 0.00356. The number of rotatable bonds is 6. The van der Waals surface area contributed by atoms with E-state index in [0.29, 0.717) is 32.1 Å². The molecule has 0 radical (unpaired) electrons.